The number of rotatable bonds is 4. The first kappa shape index (κ1) is 23.7. The predicted molar refractivity (Wildman–Crippen MR) is 131 cm³/mol. The molecular formula is C27H26BrNO6. The average Bonchev–Trinajstić information content (AvgIpc) is 3.07. The molecule has 4 aliphatic rings. The minimum absolute atomic E-state index is 0.121. The Morgan fingerprint density at radius 2 is 1.89 bits per heavy atom. The van der Waals surface area contributed by atoms with E-state index >= 15 is 0 Å². The zero-order valence-electron chi connectivity index (χ0n) is 19.8. The van der Waals surface area contributed by atoms with Crippen LogP contribution < -0.4 is 4.74 Å². The minimum Gasteiger partial charge on any atom is -0.504 e. The van der Waals surface area contributed by atoms with Crippen molar-refractivity contribution in [2.75, 3.05) is 13.7 Å². The molecule has 2 amide bonds. The van der Waals surface area contributed by atoms with Crippen molar-refractivity contribution in [3.8, 4) is 11.5 Å². The molecule has 5 rings (SSSR count). The standard InChI is InChI=1S/C27H26BrNO6/c1-4-7-29-26(33)15-6-5-14-16(22(15)27(29)34)11-18-23(19(30)8-12(2)24(18)31)21(14)17-9-13(28)10-20(35-3)25(17)32/h5,8-10,15-16,21-22,32H,4,6-7,11H2,1-3H3. The van der Waals surface area contributed by atoms with Crippen molar-refractivity contribution in [1.29, 1.82) is 0 Å². The molecule has 1 aromatic rings. The van der Waals surface area contributed by atoms with Gasteiger partial charge >= 0.3 is 0 Å². The molecule has 4 unspecified atom stereocenters. The fraction of sp³-hybridized carbons (Fsp3) is 0.407. The lowest BCUT2D eigenvalue weighted by molar-refractivity contribution is -0.140. The third-order valence-electron chi connectivity index (χ3n) is 7.70. The van der Waals surface area contributed by atoms with Crippen LogP contribution in [0.3, 0.4) is 0 Å². The minimum atomic E-state index is -0.722. The van der Waals surface area contributed by atoms with Crippen molar-refractivity contribution in [2.24, 2.45) is 17.8 Å². The Morgan fingerprint density at radius 1 is 1.14 bits per heavy atom. The van der Waals surface area contributed by atoms with E-state index in [2.05, 4.69) is 15.9 Å². The number of carbonyl (C=O) groups is 4. The van der Waals surface area contributed by atoms with Gasteiger partial charge < -0.3 is 9.84 Å². The summed E-state index contributed by atoms with van der Waals surface area (Å²) in [6, 6.07) is 3.34. The number of benzene rings is 1. The maximum absolute atomic E-state index is 13.5. The number of allylic oxidation sites excluding steroid dienone is 6. The van der Waals surface area contributed by atoms with Crippen LogP contribution in [0.1, 0.15) is 44.6 Å². The van der Waals surface area contributed by atoms with Gasteiger partial charge in [-0.1, -0.05) is 34.5 Å². The number of likely N-dealkylation sites (tertiary alicyclic amines) is 1. The van der Waals surface area contributed by atoms with E-state index in [0.717, 1.165) is 5.57 Å². The van der Waals surface area contributed by atoms with Crippen molar-refractivity contribution >= 4 is 39.3 Å². The van der Waals surface area contributed by atoms with Gasteiger partial charge in [0.05, 0.1) is 18.9 Å². The maximum atomic E-state index is 13.5. The van der Waals surface area contributed by atoms with Gasteiger partial charge in [0, 0.05) is 39.2 Å². The number of phenols is 1. The molecule has 1 N–H and O–H groups in total. The van der Waals surface area contributed by atoms with Crippen LogP contribution in [0.2, 0.25) is 0 Å². The molecule has 7 nitrogen and oxygen atoms in total. The lowest BCUT2D eigenvalue weighted by atomic mass is 9.59. The first-order chi connectivity index (χ1) is 16.7. The number of halogens is 1. The van der Waals surface area contributed by atoms with E-state index in [4.69, 9.17) is 4.74 Å². The third kappa shape index (κ3) is 3.44. The number of ketones is 2. The van der Waals surface area contributed by atoms with Gasteiger partial charge in [-0.3, -0.25) is 24.1 Å². The second-order valence-corrected chi connectivity index (χ2v) is 10.5. The summed E-state index contributed by atoms with van der Waals surface area (Å²) in [4.78, 5) is 54.5. The Labute approximate surface area is 211 Å². The monoisotopic (exact) mass is 539 g/mol. The molecule has 1 saturated heterocycles. The van der Waals surface area contributed by atoms with E-state index in [1.807, 2.05) is 13.0 Å². The van der Waals surface area contributed by atoms with Crippen molar-refractivity contribution < 1.29 is 29.0 Å². The number of aromatic hydroxyl groups is 1. The van der Waals surface area contributed by atoms with Gasteiger partial charge in [-0.15, -0.1) is 0 Å². The summed E-state index contributed by atoms with van der Waals surface area (Å²) < 4.78 is 5.99. The van der Waals surface area contributed by atoms with Crippen LogP contribution in [0.4, 0.5) is 0 Å². The topological polar surface area (TPSA) is 101 Å². The fourth-order valence-corrected chi connectivity index (χ4v) is 6.67. The Balaban J connectivity index is 1.72. The van der Waals surface area contributed by atoms with Gasteiger partial charge in [0.25, 0.3) is 0 Å². The van der Waals surface area contributed by atoms with Crippen LogP contribution in [0.5, 0.6) is 11.5 Å². The highest BCUT2D eigenvalue weighted by Gasteiger charge is 2.56. The van der Waals surface area contributed by atoms with Crippen molar-refractivity contribution in [3.63, 3.8) is 0 Å². The highest BCUT2D eigenvalue weighted by atomic mass is 79.9. The molecule has 0 spiro atoms. The molecule has 0 aromatic heterocycles. The van der Waals surface area contributed by atoms with E-state index in [1.165, 1.54) is 18.1 Å². The highest BCUT2D eigenvalue weighted by molar-refractivity contribution is 9.10. The number of ether oxygens (including phenoxy) is 1. The second-order valence-electron chi connectivity index (χ2n) is 9.60. The number of nitrogens with zero attached hydrogens (tertiary/aromatic N) is 1. The Morgan fingerprint density at radius 3 is 2.57 bits per heavy atom. The number of imide groups is 1. The summed E-state index contributed by atoms with van der Waals surface area (Å²) in [6.45, 7) is 3.90. The SMILES string of the molecule is CCCN1C(=O)C2CC=C3C(c4cc(Br)cc(OC)c4O)C4=C(CC3C2C1=O)C(=O)C(C)=CC4=O. The number of hydrogen-bond donors (Lipinski definition) is 1. The lowest BCUT2D eigenvalue weighted by Crippen LogP contribution is -2.39. The number of methoxy groups -OCH3 is 1. The first-order valence-electron chi connectivity index (χ1n) is 11.8. The normalized spacial score (nSPS) is 27.9. The summed E-state index contributed by atoms with van der Waals surface area (Å²) in [7, 11) is 1.44. The van der Waals surface area contributed by atoms with Gasteiger partial charge in [-0.2, -0.15) is 0 Å². The second kappa shape index (κ2) is 8.59. The van der Waals surface area contributed by atoms with Gasteiger partial charge in [-0.25, -0.2) is 0 Å². The Bertz CT molecular complexity index is 1290. The molecule has 1 aromatic carbocycles. The van der Waals surface area contributed by atoms with Crippen LogP contribution in [-0.2, 0) is 19.2 Å². The molecule has 35 heavy (non-hydrogen) atoms. The molecule has 8 heteroatoms. The molecule has 1 aliphatic heterocycles. The van der Waals surface area contributed by atoms with Gasteiger partial charge in [0.1, 0.15) is 0 Å². The number of amides is 2. The third-order valence-corrected chi connectivity index (χ3v) is 8.16. The molecule has 0 radical (unpaired) electrons. The number of Topliss-reactive ketones (excluding diaryl/α,β-unsaturated/α-hetero) is 1. The van der Waals surface area contributed by atoms with Crippen LogP contribution in [0.15, 0.2) is 51.0 Å². The van der Waals surface area contributed by atoms with Gasteiger partial charge in [0.15, 0.2) is 23.1 Å². The summed E-state index contributed by atoms with van der Waals surface area (Å²) in [6.07, 6.45) is 4.56. The van der Waals surface area contributed by atoms with Crippen LogP contribution >= 0.6 is 15.9 Å². The Kier molecular flexibility index (Phi) is 5.82. The summed E-state index contributed by atoms with van der Waals surface area (Å²) in [5.41, 5.74) is 2.28. The number of hydrogen-bond acceptors (Lipinski definition) is 6. The van der Waals surface area contributed by atoms with E-state index in [-0.39, 0.29) is 41.3 Å². The summed E-state index contributed by atoms with van der Waals surface area (Å²) in [5.74, 6) is -2.96. The molecule has 0 saturated carbocycles. The number of fused-ring (bicyclic) bond motifs is 3. The van der Waals surface area contributed by atoms with E-state index in [0.29, 0.717) is 46.1 Å². The molecule has 1 heterocycles. The first-order valence-corrected chi connectivity index (χ1v) is 12.6. The molecule has 1 fully saturated rings. The molecule has 182 valence electrons. The van der Waals surface area contributed by atoms with Crippen molar-refractivity contribution in [3.05, 3.63) is 56.6 Å². The van der Waals surface area contributed by atoms with E-state index in [1.54, 1.807) is 19.1 Å². The maximum Gasteiger partial charge on any atom is 0.233 e. The summed E-state index contributed by atoms with van der Waals surface area (Å²) in [5, 5.41) is 11.1. The largest absolute Gasteiger partial charge is 0.504 e. The zero-order valence-corrected chi connectivity index (χ0v) is 21.3. The van der Waals surface area contributed by atoms with Crippen molar-refractivity contribution in [2.45, 2.75) is 39.0 Å². The molecular weight excluding hydrogens is 514 g/mol. The number of phenolic OH excluding ortho intramolecular Hbond substituents is 1. The molecule has 0 bridgehead atoms. The van der Waals surface area contributed by atoms with E-state index in [9.17, 15) is 24.3 Å². The lowest BCUT2D eigenvalue weighted by Gasteiger charge is -2.42. The summed E-state index contributed by atoms with van der Waals surface area (Å²) >= 11 is 3.46. The quantitative estimate of drug-likeness (QED) is 0.352. The van der Waals surface area contributed by atoms with E-state index < -0.39 is 23.7 Å². The van der Waals surface area contributed by atoms with Crippen LogP contribution in [0.25, 0.3) is 0 Å². The van der Waals surface area contributed by atoms with Crippen molar-refractivity contribution in [1.82, 2.24) is 4.90 Å². The predicted octanol–water partition coefficient (Wildman–Crippen LogP) is 4.00. The van der Waals surface area contributed by atoms with Crippen LogP contribution in [-0.4, -0.2) is 47.0 Å². The fourth-order valence-electron chi connectivity index (χ4n) is 6.22. The van der Waals surface area contributed by atoms with Gasteiger partial charge in [-0.05, 0) is 50.3 Å². The highest BCUT2D eigenvalue weighted by Crippen LogP contribution is 2.57. The molecule has 3 aliphatic carbocycles. The zero-order chi connectivity index (χ0) is 25.2. The number of carbonyl (C=O) groups excluding carboxylic acids is 4. The smallest absolute Gasteiger partial charge is 0.233 e. The van der Waals surface area contributed by atoms with Crippen LogP contribution in [0, 0.1) is 17.8 Å². The van der Waals surface area contributed by atoms with Gasteiger partial charge in [0.2, 0.25) is 11.8 Å². The molecule has 4 atom stereocenters. The Hall–Kier alpha value is -3.00. The average molecular weight is 540 g/mol.